The molecule has 0 amide bonds. The summed E-state index contributed by atoms with van der Waals surface area (Å²) in [5.74, 6) is 0.994. The van der Waals surface area contributed by atoms with Gasteiger partial charge in [0, 0.05) is 0 Å². The fraction of sp³-hybridized carbons (Fsp3) is 0.188. The van der Waals surface area contributed by atoms with Crippen molar-refractivity contribution < 1.29 is 0 Å². The average Bonchev–Trinajstić information content (AvgIpc) is 2.47. The summed E-state index contributed by atoms with van der Waals surface area (Å²) in [6, 6.07) is 20.7. The van der Waals surface area contributed by atoms with Gasteiger partial charge in [0.05, 0.1) is 0 Å². The predicted octanol–water partition coefficient (Wildman–Crippen LogP) is 3.88. The van der Waals surface area contributed by atoms with Crippen LogP contribution in [0.5, 0.6) is 0 Å². The van der Waals surface area contributed by atoms with Gasteiger partial charge in [-0.2, -0.15) is 0 Å². The van der Waals surface area contributed by atoms with Crippen LogP contribution < -0.4 is 0 Å². The second-order valence-corrected chi connectivity index (χ2v) is 6.31. The Balaban J connectivity index is 1.92. The van der Waals surface area contributed by atoms with Gasteiger partial charge >= 0.3 is 127 Å². The van der Waals surface area contributed by atoms with E-state index in [2.05, 4.69) is 64.3 Å². The molecule has 2 aromatic rings. The van der Waals surface area contributed by atoms with E-state index in [1.54, 1.807) is 0 Å². The molecule has 1 atom stereocenters. The number of aliphatic imine (C=N–C) groups is 1. The van der Waals surface area contributed by atoms with Gasteiger partial charge in [0.15, 0.2) is 0 Å². The third-order valence-corrected chi connectivity index (χ3v) is 4.46. The van der Waals surface area contributed by atoms with E-state index in [1.165, 1.54) is 5.56 Å². The molecule has 97 valence electrons. The van der Waals surface area contributed by atoms with Crippen molar-refractivity contribution in [3.05, 3.63) is 71.8 Å². The van der Waals surface area contributed by atoms with Crippen LogP contribution in [0, 0.1) is 0 Å². The van der Waals surface area contributed by atoms with Crippen LogP contribution in [-0.4, -0.2) is 26.0 Å². The van der Waals surface area contributed by atoms with E-state index in [-0.39, 0.29) is 5.37 Å². The Kier molecular flexibility index (Phi) is 5.71. The standard InChI is InChI=1S/C16H16NSSe/c1-13(18-12-14-8-4-2-5-9-14)17-16(19)15-10-6-3-7-11-15/h2-11,13H,12H2,1H3/b17-16-. The summed E-state index contributed by atoms with van der Waals surface area (Å²) < 4.78 is 0.980. The van der Waals surface area contributed by atoms with E-state index in [4.69, 9.17) is 0 Å². The topological polar surface area (TPSA) is 12.4 Å². The average molecular weight is 333 g/mol. The second kappa shape index (κ2) is 7.54. The molecule has 0 heterocycles. The summed E-state index contributed by atoms with van der Waals surface area (Å²) >= 11 is 4.90. The van der Waals surface area contributed by atoms with Gasteiger partial charge in [-0.3, -0.25) is 0 Å². The van der Waals surface area contributed by atoms with Crippen molar-refractivity contribution in [3.8, 4) is 0 Å². The summed E-state index contributed by atoms with van der Waals surface area (Å²) in [6.45, 7) is 2.13. The number of hydrogen-bond donors (Lipinski definition) is 0. The van der Waals surface area contributed by atoms with E-state index in [9.17, 15) is 0 Å². The van der Waals surface area contributed by atoms with Crippen LogP contribution in [0.2, 0.25) is 0 Å². The maximum atomic E-state index is 4.69. The minimum absolute atomic E-state index is 0.247. The van der Waals surface area contributed by atoms with Gasteiger partial charge in [-0.05, 0) is 0 Å². The summed E-state index contributed by atoms with van der Waals surface area (Å²) in [5, 5.41) is 0.247. The zero-order chi connectivity index (χ0) is 13.5. The van der Waals surface area contributed by atoms with Crippen molar-refractivity contribution in [3.63, 3.8) is 0 Å². The van der Waals surface area contributed by atoms with Crippen molar-refractivity contribution >= 4 is 32.4 Å². The van der Waals surface area contributed by atoms with E-state index < -0.39 is 0 Å². The number of hydrogen-bond acceptors (Lipinski definition) is 2. The molecule has 1 radical (unpaired) electrons. The molecule has 1 nitrogen and oxygen atoms in total. The first kappa shape index (κ1) is 14.4. The summed E-state index contributed by atoms with van der Waals surface area (Å²) in [4.78, 5) is 4.69. The van der Waals surface area contributed by atoms with Crippen molar-refractivity contribution in [2.24, 2.45) is 4.99 Å². The van der Waals surface area contributed by atoms with E-state index in [0.717, 1.165) is 15.9 Å². The molecular formula is C16H16NSSe. The molecule has 0 N–H and O–H groups in total. The van der Waals surface area contributed by atoms with Gasteiger partial charge in [-0.25, -0.2) is 0 Å². The van der Waals surface area contributed by atoms with Crippen LogP contribution in [0.3, 0.4) is 0 Å². The van der Waals surface area contributed by atoms with E-state index in [1.807, 2.05) is 36.0 Å². The first-order chi connectivity index (χ1) is 9.25. The van der Waals surface area contributed by atoms with Gasteiger partial charge in [0.1, 0.15) is 0 Å². The molecule has 0 aliphatic heterocycles. The van der Waals surface area contributed by atoms with Gasteiger partial charge in [-0.15, -0.1) is 0 Å². The van der Waals surface area contributed by atoms with Crippen LogP contribution in [-0.2, 0) is 5.75 Å². The number of thioether (sulfide) groups is 1. The molecular weight excluding hydrogens is 317 g/mol. The molecule has 0 aliphatic carbocycles. The summed E-state index contributed by atoms with van der Waals surface area (Å²) in [5.41, 5.74) is 2.49. The SMILES string of the molecule is CC(/N=C(\[Se])c1ccccc1)SCc1ccccc1. The fourth-order valence-corrected chi connectivity index (χ4v) is 3.22. The normalized spacial score (nSPS) is 13.2. The molecule has 0 saturated heterocycles. The Morgan fingerprint density at radius 3 is 2.26 bits per heavy atom. The Hall–Kier alpha value is -1.02. The van der Waals surface area contributed by atoms with Gasteiger partial charge in [0.2, 0.25) is 0 Å². The zero-order valence-electron chi connectivity index (χ0n) is 10.8. The van der Waals surface area contributed by atoms with Crippen molar-refractivity contribution in [1.29, 1.82) is 0 Å². The number of rotatable bonds is 5. The van der Waals surface area contributed by atoms with Gasteiger partial charge in [-0.1, -0.05) is 0 Å². The first-order valence-electron chi connectivity index (χ1n) is 6.21. The molecule has 2 rings (SSSR count). The van der Waals surface area contributed by atoms with Crippen LogP contribution in [0.1, 0.15) is 18.1 Å². The maximum absolute atomic E-state index is 4.69. The monoisotopic (exact) mass is 334 g/mol. The molecule has 0 aromatic heterocycles. The quantitative estimate of drug-likeness (QED) is 0.597. The first-order valence-corrected chi connectivity index (χ1v) is 8.12. The Labute approximate surface area is 127 Å². The van der Waals surface area contributed by atoms with Crippen molar-refractivity contribution in [1.82, 2.24) is 0 Å². The van der Waals surface area contributed by atoms with Crippen LogP contribution in [0.4, 0.5) is 0 Å². The number of nitrogens with zero attached hydrogens (tertiary/aromatic N) is 1. The van der Waals surface area contributed by atoms with Gasteiger partial charge < -0.3 is 0 Å². The van der Waals surface area contributed by atoms with Crippen LogP contribution >= 0.6 is 11.8 Å². The van der Waals surface area contributed by atoms with Crippen molar-refractivity contribution in [2.45, 2.75) is 18.1 Å². The molecule has 0 aliphatic rings. The fourth-order valence-electron chi connectivity index (χ4n) is 1.65. The predicted molar refractivity (Wildman–Crippen MR) is 85.9 cm³/mol. The molecule has 3 heteroatoms. The summed E-state index contributed by atoms with van der Waals surface area (Å²) in [7, 11) is 0. The molecule has 0 bridgehead atoms. The van der Waals surface area contributed by atoms with E-state index in [0.29, 0.717) is 0 Å². The zero-order valence-corrected chi connectivity index (χ0v) is 13.4. The Morgan fingerprint density at radius 1 is 1.05 bits per heavy atom. The Morgan fingerprint density at radius 2 is 1.63 bits per heavy atom. The molecule has 1 unspecified atom stereocenters. The molecule has 0 fully saturated rings. The molecule has 0 spiro atoms. The third-order valence-electron chi connectivity index (χ3n) is 2.65. The van der Waals surface area contributed by atoms with E-state index >= 15 is 0 Å². The number of benzene rings is 2. The molecule has 2 aromatic carbocycles. The van der Waals surface area contributed by atoms with Crippen LogP contribution in [0.25, 0.3) is 0 Å². The second-order valence-electron chi connectivity index (χ2n) is 4.20. The van der Waals surface area contributed by atoms with Crippen LogP contribution in [0.15, 0.2) is 65.7 Å². The van der Waals surface area contributed by atoms with Gasteiger partial charge in [0.25, 0.3) is 0 Å². The van der Waals surface area contributed by atoms with Crippen molar-refractivity contribution in [2.75, 3.05) is 0 Å². The molecule has 19 heavy (non-hydrogen) atoms. The molecule has 0 saturated carbocycles. The third kappa shape index (κ3) is 4.87. The minimum atomic E-state index is 0.247. The summed E-state index contributed by atoms with van der Waals surface area (Å²) in [6.07, 6.45) is 0. The Bertz CT molecular complexity index is 525.